The third-order valence-corrected chi connectivity index (χ3v) is 5.25. The molecule has 1 rings (SSSR count). The highest BCUT2D eigenvalue weighted by molar-refractivity contribution is 7.80. The van der Waals surface area contributed by atoms with Crippen molar-refractivity contribution in [1.82, 2.24) is 16.0 Å². The number of amides is 3. The molecule has 0 saturated heterocycles. The van der Waals surface area contributed by atoms with Crippen LogP contribution < -0.4 is 27.4 Å². The average molecular weight is 484 g/mol. The van der Waals surface area contributed by atoms with Gasteiger partial charge >= 0.3 is 5.97 Å². The molecule has 0 heterocycles. The SMILES string of the molecule is CC(NC(=O)C(CCCCN)NC(=O)C(N)CS)C(=O)NC(Cc1ccc(O)cc1)C(=O)O. The molecule has 0 aromatic heterocycles. The zero-order valence-electron chi connectivity index (χ0n) is 18.5. The van der Waals surface area contributed by atoms with Crippen LogP contribution in [0.15, 0.2) is 24.3 Å². The fraction of sp³-hybridized carbons (Fsp3) is 0.524. The van der Waals surface area contributed by atoms with Crippen LogP contribution in [0.2, 0.25) is 0 Å². The van der Waals surface area contributed by atoms with Gasteiger partial charge in [0.15, 0.2) is 0 Å². The fourth-order valence-electron chi connectivity index (χ4n) is 2.87. The van der Waals surface area contributed by atoms with Crippen molar-refractivity contribution in [2.24, 2.45) is 11.5 Å². The molecule has 184 valence electrons. The summed E-state index contributed by atoms with van der Waals surface area (Å²) in [6, 6.07) is 1.79. The van der Waals surface area contributed by atoms with E-state index < -0.39 is 47.9 Å². The maximum absolute atomic E-state index is 12.7. The van der Waals surface area contributed by atoms with Gasteiger partial charge in [-0.15, -0.1) is 0 Å². The highest BCUT2D eigenvalue weighted by atomic mass is 32.1. The van der Waals surface area contributed by atoms with Crippen molar-refractivity contribution in [3.05, 3.63) is 29.8 Å². The molecule has 4 unspecified atom stereocenters. The predicted molar refractivity (Wildman–Crippen MR) is 126 cm³/mol. The van der Waals surface area contributed by atoms with Crippen LogP contribution in [0.5, 0.6) is 5.75 Å². The lowest BCUT2D eigenvalue weighted by Gasteiger charge is -2.23. The van der Waals surface area contributed by atoms with Crippen molar-refractivity contribution in [3.63, 3.8) is 0 Å². The summed E-state index contributed by atoms with van der Waals surface area (Å²) in [4.78, 5) is 48.9. The second-order valence-electron chi connectivity index (χ2n) is 7.63. The van der Waals surface area contributed by atoms with Crippen LogP contribution in [0.1, 0.15) is 31.7 Å². The fourth-order valence-corrected chi connectivity index (χ4v) is 3.03. The molecule has 1 aromatic carbocycles. The number of phenolic OH excluding ortho intramolecular Hbond substituents is 1. The number of phenols is 1. The molecule has 9 N–H and O–H groups in total. The van der Waals surface area contributed by atoms with Gasteiger partial charge in [-0.2, -0.15) is 12.6 Å². The highest BCUT2D eigenvalue weighted by Gasteiger charge is 2.28. The number of hydrogen-bond donors (Lipinski definition) is 8. The summed E-state index contributed by atoms with van der Waals surface area (Å²) in [7, 11) is 0. The molecular weight excluding hydrogens is 450 g/mol. The molecule has 0 aliphatic heterocycles. The molecule has 0 radical (unpaired) electrons. The Bertz CT molecular complexity index is 807. The largest absolute Gasteiger partial charge is 0.508 e. The minimum absolute atomic E-state index is 0.0125. The zero-order valence-corrected chi connectivity index (χ0v) is 19.4. The molecule has 0 aliphatic carbocycles. The van der Waals surface area contributed by atoms with E-state index in [1.165, 1.54) is 19.1 Å². The number of unbranched alkanes of at least 4 members (excludes halogenated alkanes) is 1. The number of rotatable bonds is 14. The van der Waals surface area contributed by atoms with Crippen molar-refractivity contribution in [3.8, 4) is 5.75 Å². The van der Waals surface area contributed by atoms with E-state index in [9.17, 15) is 29.4 Å². The van der Waals surface area contributed by atoms with E-state index >= 15 is 0 Å². The lowest BCUT2D eigenvalue weighted by molar-refractivity contribution is -0.142. The first-order valence-electron chi connectivity index (χ1n) is 10.6. The van der Waals surface area contributed by atoms with Crippen LogP contribution in [-0.2, 0) is 25.6 Å². The van der Waals surface area contributed by atoms with Crippen LogP contribution in [0.25, 0.3) is 0 Å². The van der Waals surface area contributed by atoms with Gasteiger partial charge in [-0.25, -0.2) is 4.79 Å². The Kier molecular flexibility index (Phi) is 12.3. The van der Waals surface area contributed by atoms with Crippen molar-refractivity contribution >= 4 is 36.3 Å². The van der Waals surface area contributed by atoms with Gasteiger partial charge in [-0.3, -0.25) is 14.4 Å². The lowest BCUT2D eigenvalue weighted by Crippen LogP contribution is -2.56. The van der Waals surface area contributed by atoms with E-state index in [-0.39, 0.29) is 17.9 Å². The molecule has 0 bridgehead atoms. The maximum atomic E-state index is 12.7. The monoisotopic (exact) mass is 483 g/mol. The van der Waals surface area contributed by atoms with E-state index in [2.05, 4.69) is 28.6 Å². The predicted octanol–water partition coefficient (Wildman–Crippen LogP) is -1.12. The quantitative estimate of drug-likeness (QED) is 0.120. The second kappa shape index (κ2) is 14.3. The molecule has 33 heavy (non-hydrogen) atoms. The molecule has 4 atom stereocenters. The van der Waals surface area contributed by atoms with Gasteiger partial charge < -0.3 is 37.6 Å². The van der Waals surface area contributed by atoms with Gasteiger partial charge in [0.25, 0.3) is 0 Å². The normalized spacial score (nSPS) is 14.4. The smallest absolute Gasteiger partial charge is 0.326 e. The van der Waals surface area contributed by atoms with Gasteiger partial charge in [0.05, 0.1) is 6.04 Å². The van der Waals surface area contributed by atoms with Crippen LogP contribution in [0.4, 0.5) is 0 Å². The number of carbonyl (C=O) groups excluding carboxylic acids is 3. The van der Waals surface area contributed by atoms with Crippen molar-refractivity contribution in [2.45, 2.75) is 56.8 Å². The minimum atomic E-state index is -1.25. The summed E-state index contributed by atoms with van der Waals surface area (Å²) >= 11 is 3.97. The molecule has 0 aliphatic rings. The summed E-state index contributed by atoms with van der Waals surface area (Å²) in [5.41, 5.74) is 11.7. The first kappa shape index (κ1) is 28.2. The number of hydrogen-bond acceptors (Lipinski definition) is 8. The van der Waals surface area contributed by atoms with Gasteiger partial charge in [0, 0.05) is 12.2 Å². The molecule has 0 spiro atoms. The lowest BCUT2D eigenvalue weighted by atomic mass is 10.1. The molecular formula is C21H33N5O6S. The Morgan fingerprint density at radius 1 is 0.970 bits per heavy atom. The Morgan fingerprint density at radius 2 is 1.58 bits per heavy atom. The Labute approximate surface area is 198 Å². The van der Waals surface area contributed by atoms with Crippen molar-refractivity contribution in [1.29, 1.82) is 0 Å². The minimum Gasteiger partial charge on any atom is -0.508 e. The summed E-state index contributed by atoms with van der Waals surface area (Å²) in [6.45, 7) is 1.83. The topological polar surface area (TPSA) is 197 Å². The van der Waals surface area contributed by atoms with Crippen LogP contribution in [0.3, 0.4) is 0 Å². The highest BCUT2D eigenvalue weighted by Crippen LogP contribution is 2.11. The summed E-state index contributed by atoms with van der Waals surface area (Å²) in [5.74, 6) is -2.96. The number of aromatic hydroxyl groups is 1. The molecule has 1 aromatic rings. The van der Waals surface area contributed by atoms with Crippen LogP contribution in [0, 0.1) is 0 Å². The zero-order chi connectivity index (χ0) is 25.0. The summed E-state index contributed by atoms with van der Waals surface area (Å²) in [5, 5.41) is 26.3. The Morgan fingerprint density at radius 3 is 2.12 bits per heavy atom. The van der Waals surface area contributed by atoms with Gasteiger partial charge in [0.1, 0.15) is 23.9 Å². The van der Waals surface area contributed by atoms with Crippen LogP contribution >= 0.6 is 12.6 Å². The Hall–Kier alpha value is -2.83. The first-order valence-corrected chi connectivity index (χ1v) is 11.2. The summed E-state index contributed by atoms with van der Waals surface area (Å²) < 4.78 is 0. The van der Waals surface area contributed by atoms with Crippen LogP contribution in [-0.4, -0.2) is 70.4 Å². The summed E-state index contributed by atoms with van der Waals surface area (Å²) in [6.07, 6.45) is 1.49. The van der Waals surface area contributed by atoms with E-state index in [4.69, 9.17) is 11.5 Å². The number of carboxylic acids is 1. The second-order valence-corrected chi connectivity index (χ2v) is 8.00. The molecule has 11 nitrogen and oxygen atoms in total. The van der Waals surface area contributed by atoms with Gasteiger partial charge in [0.2, 0.25) is 17.7 Å². The van der Waals surface area contributed by atoms with E-state index in [0.717, 1.165) is 0 Å². The number of thiol groups is 1. The average Bonchev–Trinajstić information content (AvgIpc) is 2.78. The number of aliphatic carboxylic acids is 1. The maximum Gasteiger partial charge on any atom is 0.326 e. The molecule has 3 amide bonds. The third kappa shape index (κ3) is 10.1. The van der Waals surface area contributed by atoms with Crippen molar-refractivity contribution in [2.75, 3.05) is 12.3 Å². The van der Waals surface area contributed by atoms with Crippen molar-refractivity contribution < 1.29 is 29.4 Å². The number of nitrogens with one attached hydrogen (secondary N) is 3. The van der Waals surface area contributed by atoms with E-state index in [1.807, 2.05) is 0 Å². The molecule has 12 heteroatoms. The van der Waals surface area contributed by atoms with E-state index in [1.54, 1.807) is 12.1 Å². The number of benzene rings is 1. The van der Waals surface area contributed by atoms with Gasteiger partial charge in [-0.1, -0.05) is 12.1 Å². The van der Waals surface area contributed by atoms with E-state index in [0.29, 0.717) is 31.4 Å². The Balaban J connectivity index is 2.77. The number of carboxylic acid groups (broad SMARTS) is 1. The third-order valence-electron chi connectivity index (χ3n) is 4.86. The molecule has 0 saturated carbocycles. The number of carbonyl (C=O) groups is 4. The first-order chi connectivity index (χ1) is 15.6. The standard InChI is InChI=1S/C21H33N5O6S/c1-12(18(28)26-17(21(31)32)10-13-5-7-14(27)8-6-13)24-20(30)16(4-2-3-9-22)25-19(29)15(23)11-33/h5-8,12,15-17,27,33H,2-4,9-11,22-23H2,1H3,(H,24,30)(H,25,29)(H,26,28)(H,31,32). The number of nitrogens with two attached hydrogens (primary N) is 2. The van der Waals surface area contributed by atoms with Gasteiger partial charge in [-0.05, 0) is 50.4 Å². The molecule has 0 fully saturated rings.